The Bertz CT molecular complexity index is 1220. The topological polar surface area (TPSA) is 93.4 Å². The normalized spacial score (nSPS) is 14.1. The number of aromatic nitrogens is 2. The van der Waals surface area contributed by atoms with Crippen molar-refractivity contribution >= 4 is 11.9 Å². The highest BCUT2D eigenvalue weighted by molar-refractivity contribution is 5.96. The lowest BCUT2D eigenvalue weighted by molar-refractivity contribution is -0.137. The molecule has 1 amide bonds. The van der Waals surface area contributed by atoms with E-state index in [1.807, 2.05) is 0 Å². The number of hydrogen-bond donors (Lipinski definition) is 2. The molecule has 0 bridgehead atoms. The molecule has 33 heavy (non-hydrogen) atoms. The van der Waals surface area contributed by atoms with Crippen LogP contribution in [0.4, 0.5) is 8.78 Å². The Balaban J connectivity index is 1.75. The first-order chi connectivity index (χ1) is 15.8. The van der Waals surface area contributed by atoms with Gasteiger partial charge in [-0.25, -0.2) is 13.5 Å². The van der Waals surface area contributed by atoms with E-state index in [1.165, 1.54) is 36.9 Å². The zero-order chi connectivity index (χ0) is 23.7. The number of methoxy groups -OCH3 is 1. The lowest BCUT2D eigenvalue weighted by atomic mass is 9.98. The molecule has 1 aromatic heterocycles. The number of halogens is 2. The highest BCUT2D eigenvalue weighted by Gasteiger charge is 2.36. The summed E-state index contributed by atoms with van der Waals surface area (Å²) in [6.45, 7) is 1.52. The Labute approximate surface area is 189 Å². The van der Waals surface area contributed by atoms with Crippen molar-refractivity contribution in [2.24, 2.45) is 0 Å². The number of rotatable bonds is 8. The molecular formula is C24H23F2N3O4. The van der Waals surface area contributed by atoms with Crippen molar-refractivity contribution in [2.45, 2.75) is 38.1 Å². The van der Waals surface area contributed by atoms with Gasteiger partial charge in [-0.15, -0.1) is 0 Å². The van der Waals surface area contributed by atoms with Crippen LogP contribution in [0.15, 0.2) is 42.5 Å². The number of carboxylic acid groups (broad SMARTS) is 1. The predicted molar refractivity (Wildman–Crippen MR) is 116 cm³/mol. The summed E-state index contributed by atoms with van der Waals surface area (Å²) in [5.74, 6) is -2.59. The van der Waals surface area contributed by atoms with Gasteiger partial charge in [-0.3, -0.25) is 9.59 Å². The van der Waals surface area contributed by atoms with E-state index in [1.54, 1.807) is 24.3 Å². The molecule has 0 aliphatic heterocycles. The minimum absolute atomic E-state index is 0.0638. The second-order valence-corrected chi connectivity index (χ2v) is 7.98. The summed E-state index contributed by atoms with van der Waals surface area (Å²) in [5.41, 5.74) is 1.27. The van der Waals surface area contributed by atoms with E-state index in [0.717, 1.165) is 12.8 Å². The molecule has 2 aromatic carbocycles. The van der Waals surface area contributed by atoms with Gasteiger partial charge < -0.3 is 15.2 Å². The first-order valence-corrected chi connectivity index (χ1v) is 10.5. The van der Waals surface area contributed by atoms with Crippen molar-refractivity contribution in [1.29, 1.82) is 0 Å². The Kier molecular flexibility index (Phi) is 6.13. The number of para-hydroxylation sites is 1. The summed E-state index contributed by atoms with van der Waals surface area (Å²) < 4.78 is 35.5. The van der Waals surface area contributed by atoms with Crippen LogP contribution in [0, 0.1) is 18.6 Å². The molecule has 172 valence electrons. The summed E-state index contributed by atoms with van der Waals surface area (Å²) >= 11 is 0. The number of carbonyl (C=O) groups is 2. The van der Waals surface area contributed by atoms with Crippen LogP contribution in [0.3, 0.4) is 0 Å². The van der Waals surface area contributed by atoms with Crippen LogP contribution in [0.5, 0.6) is 5.75 Å². The zero-order valence-corrected chi connectivity index (χ0v) is 18.1. The second kappa shape index (κ2) is 9.01. The van der Waals surface area contributed by atoms with Crippen molar-refractivity contribution < 1.29 is 28.2 Å². The lowest BCUT2D eigenvalue weighted by Gasteiger charge is -2.19. The average molecular weight is 455 g/mol. The molecule has 1 saturated carbocycles. The molecule has 9 heteroatoms. The molecule has 1 aliphatic carbocycles. The number of nitrogens with zero attached hydrogens (tertiary/aromatic N) is 2. The number of amides is 1. The summed E-state index contributed by atoms with van der Waals surface area (Å²) in [6, 6.07) is 9.36. The van der Waals surface area contributed by atoms with E-state index in [9.17, 15) is 23.5 Å². The van der Waals surface area contributed by atoms with Crippen LogP contribution in [0.25, 0.3) is 5.69 Å². The lowest BCUT2D eigenvalue weighted by Crippen LogP contribution is -2.31. The summed E-state index contributed by atoms with van der Waals surface area (Å²) in [6.07, 6.45) is 1.24. The molecule has 4 rings (SSSR count). The molecule has 3 aromatic rings. The fourth-order valence-electron chi connectivity index (χ4n) is 3.93. The fraction of sp³-hybridized carbons (Fsp3) is 0.292. The fourth-order valence-corrected chi connectivity index (χ4v) is 3.93. The second-order valence-electron chi connectivity index (χ2n) is 7.98. The molecule has 0 spiro atoms. The van der Waals surface area contributed by atoms with Crippen LogP contribution in [-0.4, -0.2) is 33.9 Å². The molecule has 1 heterocycles. The zero-order valence-electron chi connectivity index (χ0n) is 18.1. The van der Waals surface area contributed by atoms with Crippen molar-refractivity contribution in [3.8, 4) is 11.4 Å². The minimum Gasteiger partial charge on any atom is -0.492 e. The molecule has 2 N–H and O–H groups in total. The quantitative estimate of drug-likeness (QED) is 0.529. The molecule has 1 atom stereocenters. The van der Waals surface area contributed by atoms with Crippen molar-refractivity contribution in [2.75, 3.05) is 7.11 Å². The predicted octanol–water partition coefficient (Wildman–Crippen LogP) is 4.29. The first kappa shape index (κ1) is 22.4. The molecule has 0 radical (unpaired) electrons. The van der Waals surface area contributed by atoms with E-state index < -0.39 is 36.0 Å². The van der Waals surface area contributed by atoms with Gasteiger partial charge >= 0.3 is 5.97 Å². The maximum atomic E-state index is 14.5. The van der Waals surface area contributed by atoms with Crippen LogP contribution >= 0.6 is 0 Å². The molecule has 1 fully saturated rings. The Morgan fingerprint density at radius 3 is 2.52 bits per heavy atom. The van der Waals surface area contributed by atoms with Gasteiger partial charge in [0.05, 0.1) is 25.3 Å². The highest BCUT2D eigenvalue weighted by atomic mass is 19.1. The summed E-state index contributed by atoms with van der Waals surface area (Å²) in [7, 11) is 1.40. The number of carboxylic acids is 1. The standard InChI is InChI=1S/C24H23F2N3O4/c1-13-15(6-5-8-16(13)25)18(12-20(30)31)27-24(32)21-23(33-2)22(14-10-11-14)29(28-21)19-9-4-3-7-17(19)26/h3-9,14,18H,10-12H2,1-2H3,(H,27,32)(H,30,31). The average Bonchev–Trinajstić information content (AvgIpc) is 3.54. The largest absolute Gasteiger partial charge is 0.492 e. The molecule has 7 nitrogen and oxygen atoms in total. The minimum atomic E-state index is -1.16. The third-order valence-corrected chi connectivity index (χ3v) is 5.71. The Morgan fingerprint density at radius 1 is 1.18 bits per heavy atom. The smallest absolute Gasteiger partial charge is 0.305 e. The van der Waals surface area contributed by atoms with Gasteiger partial charge in [-0.2, -0.15) is 5.10 Å². The SMILES string of the molecule is COc1c(C(=O)NC(CC(=O)O)c2cccc(F)c2C)nn(-c2ccccc2F)c1C1CC1. The van der Waals surface area contributed by atoms with Gasteiger partial charge in [0.2, 0.25) is 0 Å². The van der Waals surface area contributed by atoms with E-state index in [0.29, 0.717) is 11.3 Å². The summed E-state index contributed by atoms with van der Waals surface area (Å²) in [4.78, 5) is 24.7. The van der Waals surface area contributed by atoms with Crippen LogP contribution in [-0.2, 0) is 4.79 Å². The number of hydrogen-bond acceptors (Lipinski definition) is 4. The maximum absolute atomic E-state index is 14.5. The van der Waals surface area contributed by atoms with Crippen molar-refractivity contribution in [1.82, 2.24) is 15.1 Å². The monoisotopic (exact) mass is 455 g/mol. The third-order valence-electron chi connectivity index (χ3n) is 5.71. The maximum Gasteiger partial charge on any atom is 0.305 e. The van der Waals surface area contributed by atoms with E-state index >= 15 is 0 Å². The van der Waals surface area contributed by atoms with Gasteiger partial charge in [0.15, 0.2) is 11.4 Å². The van der Waals surface area contributed by atoms with Gasteiger partial charge in [0.1, 0.15) is 17.3 Å². The number of ether oxygens (including phenoxy) is 1. The van der Waals surface area contributed by atoms with Gasteiger partial charge in [0, 0.05) is 5.92 Å². The van der Waals surface area contributed by atoms with Crippen molar-refractivity contribution in [3.63, 3.8) is 0 Å². The van der Waals surface area contributed by atoms with Gasteiger partial charge in [-0.05, 0) is 49.1 Å². The van der Waals surface area contributed by atoms with Gasteiger partial charge in [0.25, 0.3) is 5.91 Å². The molecule has 1 aliphatic rings. The van der Waals surface area contributed by atoms with E-state index in [-0.39, 0.29) is 28.6 Å². The number of nitrogens with one attached hydrogen (secondary N) is 1. The van der Waals surface area contributed by atoms with E-state index in [2.05, 4.69) is 10.4 Å². The third kappa shape index (κ3) is 4.44. The van der Waals surface area contributed by atoms with Gasteiger partial charge in [-0.1, -0.05) is 24.3 Å². The number of benzene rings is 2. The molecule has 1 unspecified atom stereocenters. The van der Waals surface area contributed by atoms with Crippen molar-refractivity contribution in [3.05, 3.63) is 76.6 Å². The van der Waals surface area contributed by atoms with Crippen LogP contribution < -0.4 is 10.1 Å². The van der Waals surface area contributed by atoms with E-state index in [4.69, 9.17) is 4.74 Å². The highest BCUT2D eigenvalue weighted by Crippen LogP contribution is 2.46. The van der Waals surface area contributed by atoms with Crippen LogP contribution in [0.1, 0.15) is 58.5 Å². The number of aliphatic carboxylic acids is 1. The Hall–Kier alpha value is -3.75. The first-order valence-electron chi connectivity index (χ1n) is 10.5. The number of carbonyl (C=O) groups excluding carboxylic acids is 1. The Morgan fingerprint density at radius 2 is 1.88 bits per heavy atom. The summed E-state index contributed by atoms with van der Waals surface area (Å²) in [5, 5.41) is 16.4. The molecular weight excluding hydrogens is 432 g/mol. The molecule has 0 saturated heterocycles. The van der Waals surface area contributed by atoms with Crippen LogP contribution in [0.2, 0.25) is 0 Å².